The summed E-state index contributed by atoms with van der Waals surface area (Å²) < 4.78 is 6.02. The maximum atomic E-state index is 6.02. The van der Waals surface area contributed by atoms with Gasteiger partial charge in [-0.3, -0.25) is 0 Å². The summed E-state index contributed by atoms with van der Waals surface area (Å²) in [5, 5.41) is 7.28. The molecule has 0 N–H and O–H groups in total. The van der Waals surface area contributed by atoms with Crippen LogP contribution in [0.15, 0.2) is 42.5 Å². The fourth-order valence-corrected chi connectivity index (χ4v) is 2.88. The van der Waals surface area contributed by atoms with Gasteiger partial charge in [0.25, 0.3) is 0 Å². The van der Waals surface area contributed by atoms with Crippen LogP contribution >= 0.6 is 0 Å². The van der Waals surface area contributed by atoms with Gasteiger partial charge < -0.3 is 4.74 Å². The standard InChI is InChI=1S/C16H18NO/c1-2-18-16(11-6-12-17-16)15-10-5-8-13-7-3-4-9-14(13)15/h3-5,7-10H,2,6,11-12H2,1H3. The van der Waals surface area contributed by atoms with Gasteiger partial charge in [-0.15, -0.1) is 0 Å². The summed E-state index contributed by atoms with van der Waals surface area (Å²) >= 11 is 0. The van der Waals surface area contributed by atoms with Gasteiger partial charge in [0.1, 0.15) is 0 Å². The normalized spacial score (nSPS) is 23.6. The molecule has 1 heterocycles. The van der Waals surface area contributed by atoms with Crippen LogP contribution in [-0.4, -0.2) is 13.2 Å². The quantitative estimate of drug-likeness (QED) is 0.806. The molecule has 2 heteroatoms. The van der Waals surface area contributed by atoms with E-state index >= 15 is 0 Å². The van der Waals surface area contributed by atoms with Crippen molar-refractivity contribution in [2.45, 2.75) is 25.5 Å². The molecule has 0 saturated carbocycles. The Morgan fingerprint density at radius 3 is 2.78 bits per heavy atom. The lowest BCUT2D eigenvalue weighted by molar-refractivity contribution is -0.0586. The molecule has 1 atom stereocenters. The van der Waals surface area contributed by atoms with Gasteiger partial charge in [0.2, 0.25) is 0 Å². The van der Waals surface area contributed by atoms with Crippen LogP contribution in [0, 0.1) is 0 Å². The third-order valence-electron chi connectivity index (χ3n) is 3.63. The van der Waals surface area contributed by atoms with E-state index in [2.05, 4.69) is 42.5 Å². The Hall–Kier alpha value is -1.38. The van der Waals surface area contributed by atoms with Crippen molar-refractivity contribution in [2.24, 2.45) is 0 Å². The summed E-state index contributed by atoms with van der Waals surface area (Å²) in [6.07, 6.45) is 2.11. The van der Waals surface area contributed by atoms with E-state index in [1.165, 1.54) is 16.3 Å². The number of hydrogen-bond acceptors (Lipinski definition) is 1. The fraction of sp³-hybridized carbons (Fsp3) is 0.375. The molecule has 18 heavy (non-hydrogen) atoms. The zero-order valence-electron chi connectivity index (χ0n) is 10.7. The van der Waals surface area contributed by atoms with Gasteiger partial charge in [0.05, 0.1) is 0 Å². The lowest BCUT2D eigenvalue weighted by Gasteiger charge is -2.29. The molecule has 1 aliphatic rings. The van der Waals surface area contributed by atoms with Crippen LogP contribution in [0.25, 0.3) is 10.8 Å². The molecule has 1 unspecified atom stereocenters. The SMILES string of the molecule is CCOC1(c2cccc3ccccc23)CCC[N]1. The van der Waals surface area contributed by atoms with E-state index in [0.717, 1.165) is 19.4 Å². The summed E-state index contributed by atoms with van der Waals surface area (Å²) in [5.41, 5.74) is 0.815. The van der Waals surface area contributed by atoms with Crippen LogP contribution < -0.4 is 5.32 Å². The van der Waals surface area contributed by atoms with Crippen molar-refractivity contribution in [3.05, 3.63) is 48.0 Å². The van der Waals surface area contributed by atoms with Crippen molar-refractivity contribution in [3.63, 3.8) is 0 Å². The van der Waals surface area contributed by atoms with E-state index in [1.807, 2.05) is 6.92 Å². The van der Waals surface area contributed by atoms with Gasteiger partial charge in [-0.2, -0.15) is 0 Å². The highest BCUT2D eigenvalue weighted by molar-refractivity contribution is 5.86. The zero-order chi connectivity index (χ0) is 12.4. The van der Waals surface area contributed by atoms with Crippen LogP contribution in [0.1, 0.15) is 25.3 Å². The molecule has 0 spiro atoms. The molecular weight excluding hydrogens is 222 g/mol. The molecule has 0 aliphatic carbocycles. The third kappa shape index (κ3) is 1.82. The fourth-order valence-electron chi connectivity index (χ4n) is 2.88. The largest absolute Gasteiger partial charge is 0.355 e. The summed E-state index contributed by atoms with van der Waals surface area (Å²) in [6, 6.07) is 14.9. The van der Waals surface area contributed by atoms with E-state index in [0.29, 0.717) is 6.61 Å². The molecule has 0 amide bonds. The molecule has 3 rings (SSSR count). The number of hydrogen-bond donors (Lipinski definition) is 0. The van der Waals surface area contributed by atoms with Crippen LogP contribution in [0.2, 0.25) is 0 Å². The third-order valence-corrected chi connectivity index (χ3v) is 3.63. The Kier molecular flexibility index (Phi) is 3.06. The van der Waals surface area contributed by atoms with Crippen LogP contribution in [0.5, 0.6) is 0 Å². The molecule has 0 bridgehead atoms. The second-order valence-corrected chi connectivity index (χ2v) is 4.73. The molecule has 1 radical (unpaired) electrons. The Morgan fingerprint density at radius 1 is 1.17 bits per heavy atom. The Morgan fingerprint density at radius 2 is 2.00 bits per heavy atom. The smallest absolute Gasteiger partial charge is 0.160 e. The van der Waals surface area contributed by atoms with Gasteiger partial charge in [-0.1, -0.05) is 42.5 Å². The average Bonchev–Trinajstić information content (AvgIpc) is 2.88. The minimum Gasteiger partial charge on any atom is -0.355 e. The molecule has 93 valence electrons. The molecule has 2 nitrogen and oxygen atoms in total. The molecule has 0 aromatic heterocycles. The van der Waals surface area contributed by atoms with Gasteiger partial charge in [-0.25, -0.2) is 5.32 Å². The summed E-state index contributed by atoms with van der Waals surface area (Å²) in [7, 11) is 0. The second-order valence-electron chi connectivity index (χ2n) is 4.73. The molecule has 2 aromatic carbocycles. The Labute approximate surface area is 108 Å². The van der Waals surface area contributed by atoms with Crippen LogP contribution in [-0.2, 0) is 10.5 Å². The Bertz CT molecular complexity index is 538. The van der Waals surface area contributed by atoms with Crippen molar-refractivity contribution in [1.82, 2.24) is 5.32 Å². The highest BCUT2D eigenvalue weighted by atomic mass is 16.5. The van der Waals surface area contributed by atoms with Gasteiger partial charge in [-0.05, 0) is 30.5 Å². The van der Waals surface area contributed by atoms with Gasteiger partial charge in [0.15, 0.2) is 5.72 Å². The number of nitrogens with zero attached hydrogens (tertiary/aromatic N) is 1. The number of fused-ring (bicyclic) bond motifs is 1. The first-order valence-electron chi connectivity index (χ1n) is 6.66. The van der Waals surface area contributed by atoms with Crippen molar-refractivity contribution in [3.8, 4) is 0 Å². The topological polar surface area (TPSA) is 23.3 Å². The zero-order valence-corrected chi connectivity index (χ0v) is 10.7. The highest BCUT2D eigenvalue weighted by Gasteiger charge is 2.38. The van der Waals surface area contributed by atoms with Crippen molar-refractivity contribution < 1.29 is 4.74 Å². The summed E-state index contributed by atoms with van der Waals surface area (Å²) in [5.74, 6) is 0. The van der Waals surface area contributed by atoms with E-state index < -0.39 is 5.72 Å². The van der Waals surface area contributed by atoms with E-state index in [9.17, 15) is 0 Å². The lowest BCUT2D eigenvalue weighted by Crippen LogP contribution is -2.35. The minimum absolute atomic E-state index is 0.407. The van der Waals surface area contributed by atoms with Crippen LogP contribution in [0.3, 0.4) is 0 Å². The molecule has 2 aromatic rings. The van der Waals surface area contributed by atoms with Gasteiger partial charge in [0, 0.05) is 18.7 Å². The maximum Gasteiger partial charge on any atom is 0.160 e. The predicted octanol–water partition coefficient (Wildman–Crippen LogP) is 3.43. The van der Waals surface area contributed by atoms with Crippen molar-refractivity contribution >= 4 is 10.8 Å². The molecule has 1 aliphatic heterocycles. The number of rotatable bonds is 3. The maximum absolute atomic E-state index is 6.02. The molecular formula is C16H18NO. The molecule has 1 saturated heterocycles. The highest BCUT2D eigenvalue weighted by Crippen LogP contribution is 2.37. The van der Waals surface area contributed by atoms with Crippen LogP contribution in [0.4, 0.5) is 0 Å². The first-order valence-corrected chi connectivity index (χ1v) is 6.66. The van der Waals surface area contributed by atoms with Crippen molar-refractivity contribution in [1.29, 1.82) is 0 Å². The average molecular weight is 240 g/mol. The van der Waals surface area contributed by atoms with Gasteiger partial charge >= 0.3 is 0 Å². The second kappa shape index (κ2) is 4.71. The number of benzene rings is 2. The summed E-state index contributed by atoms with van der Waals surface area (Å²) in [6.45, 7) is 3.65. The van der Waals surface area contributed by atoms with E-state index in [-0.39, 0.29) is 0 Å². The minimum atomic E-state index is -0.407. The monoisotopic (exact) mass is 240 g/mol. The van der Waals surface area contributed by atoms with E-state index in [1.54, 1.807) is 0 Å². The first-order chi connectivity index (χ1) is 8.86. The first kappa shape index (κ1) is 11.7. The number of ether oxygens (including phenoxy) is 1. The van der Waals surface area contributed by atoms with Crippen molar-refractivity contribution in [2.75, 3.05) is 13.2 Å². The van der Waals surface area contributed by atoms with E-state index in [4.69, 9.17) is 10.1 Å². The Balaban J connectivity index is 2.17. The summed E-state index contributed by atoms with van der Waals surface area (Å²) in [4.78, 5) is 0. The molecule has 1 fully saturated rings. The lowest BCUT2D eigenvalue weighted by atomic mass is 9.94. The predicted molar refractivity (Wildman–Crippen MR) is 73.5 cm³/mol.